The quantitative estimate of drug-likeness (QED) is 0.491. The van der Waals surface area contributed by atoms with Gasteiger partial charge in [0.25, 0.3) is 0 Å². The maximum Gasteiger partial charge on any atom is 0.490 e. The van der Waals surface area contributed by atoms with E-state index in [0.717, 1.165) is 21.8 Å². The molecule has 0 unspecified atom stereocenters. The van der Waals surface area contributed by atoms with Gasteiger partial charge in [-0.25, -0.2) is 14.4 Å². The van der Waals surface area contributed by atoms with Crippen LogP contribution in [0.2, 0.25) is 0 Å². The van der Waals surface area contributed by atoms with Crippen LogP contribution in [0.4, 0.5) is 23.1 Å². The highest BCUT2D eigenvalue weighted by molar-refractivity contribution is 7.18. The maximum atomic E-state index is 12.1. The van der Waals surface area contributed by atoms with E-state index >= 15 is 0 Å². The van der Waals surface area contributed by atoms with E-state index in [1.54, 1.807) is 6.92 Å². The van der Waals surface area contributed by atoms with Crippen molar-refractivity contribution >= 4 is 28.5 Å². The first-order valence-electron chi connectivity index (χ1n) is 9.68. The molecule has 3 rings (SSSR count). The van der Waals surface area contributed by atoms with E-state index in [-0.39, 0.29) is 5.69 Å². The number of urea groups is 1. The number of benzene rings is 1. The summed E-state index contributed by atoms with van der Waals surface area (Å²) in [7, 11) is 0. The van der Waals surface area contributed by atoms with Gasteiger partial charge in [-0.2, -0.15) is 18.2 Å². The highest BCUT2D eigenvalue weighted by Crippen LogP contribution is 2.28. The summed E-state index contributed by atoms with van der Waals surface area (Å²) in [5.41, 5.74) is 3.26. The molecule has 0 saturated heterocycles. The number of hydrogen-bond acceptors (Lipinski definition) is 7. The van der Waals surface area contributed by atoms with Crippen molar-refractivity contribution in [3.63, 3.8) is 0 Å². The van der Waals surface area contributed by atoms with Crippen molar-refractivity contribution < 1.29 is 27.9 Å². The standard InChI is InChI=1S/C18H20N6O2S.C2HF3O2/c1-11-6-4-5-7-14(11)15-22-23-17(27-15)21-16(25)19-8-9-24-13(3)10-12(2)20-18(24)26;3-2(4,5)1(6)7/h4-7,10H,8-9H2,1-3H3,(H2,19,21,23,25);(H,6,7). The number of hydrogen-bond donors (Lipinski definition) is 3. The lowest BCUT2D eigenvalue weighted by atomic mass is 10.1. The smallest absolute Gasteiger partial charge is 0.475 e. The molecule has 3 aromatic rings. The number of halogens is 3. The number of alkyl halides is 3. The number of carbonyl (C=O) groups is 2. The molecular weight excluding hydrogens is 477 g/mol. The highest BCUT2D eigenvalue weighted by Gasteiger charge is 2.38. The number of aromatic nitrogens is 4. The van der Waals surface area contributed by atoms with Crippen molar-refractivity contribution in [1.29, 1.82) is 0 Å². The number of carboxylic acid groups (broad SMARTS) is 1. The number of anilines is 1. The number of carbonyl (C=O) groups excluding carboxylic acids is 1. The van der Waals surface area contributed by atoms with Crippen LogP contribution in [0.3, 0.4) is 0 Å². The lowest BCUT2D eigenvalue weighted by Crippen LogP contribution is -2.35. The van der Waals surface area contributed by atoms with E-state index in [4.69, 9.17) is 9.90 Å². The zero-order valence-corrected chi connectivity index (χ0v) is 19.1. The Morgan fingerprint density at radius 1 is 1.15 bits per heavy atom. The molecule has 0 saturated carbocycles. The third-order valence-corrected chi connectivity index (χ3v) is 5.10. The number of nitrogens with zero attached hydrogens (tertiary/aromatic N) is 4. The lowest BCUT2D eigenvalue weighted by molar-refractivity contribution is -0.192. The Kier molecular flexibility index (Phi) is 8.83. The predicted molar refractivity (Wildman–Crippen MR) is 119 cm³/mol. The third kappa shape index (κ3) is 7.65. The van der Waals surface area contributed by atoms with Crippen LogP contribution in [0.15, 0.2) is 35.1 Å². The maximum absolute atomic E-state index is 12.1. The van der Waals surface area contributed by atoms with E-state index in [9.17, 15) is 22.8 Å². The fraction of sp³-hybridized carbons (Fsp3) is 0.300. The van der Waals surface area contributed by atoms with Gasteiger partial charge >= 0.3 is 23.9 Å². The summed E-state index contributed by atoms with van der Waals surface area (Å²) in [5, 5.41) is 21.8. The fourth-order valence-electron chi connectivity index (χ4n) is 2.66. The second-order valence-corrected chi connectivity index (χ2v) is 7.86. The first kappa shape index (κ1) is 26.4. The first-order valence-corrected chi connectivity index (χ1v) is 10.5. The molecule has 3 N–H and O–H groups in total. The van der Waals surface area contributed by atoms with Crippen LogP contribution in [-0.4, -0.2) is 49.6 Å². The number of rotatable bonds is 5. The van der Waals surface area contributed by atoms with Gasteiger partial charge in [-0.15, -0.1) is 10.2 Å². The molecular formula is C20H21F3N6O4S. The topological polar surface area (TPSA) is 139 Å². The number of aliphatic carboxylic acids is 1. The van der Waals surface area contributed by atoms with Crippen molar-refractivity contribution in [2.75, 3.05) is 11.9 Å². The summed E-state index contributed by atoms with van der Waals surface area (Å²) in [6, 6.07) is 9.30. The molecule has 14 heteroatoms. The monoisotopic (exact) mass is 498 g/mol. The van der Waals surface area contributed by atoms with Crippen molar-refractivity contribution in [2.24, 2.45) is 0 Å². The summed E-state index contributed by atoms with van der Waals surface area (Å²) in [6.07, 6.45) is -5.08. The third-order valence-electron chi connectivity index (χ3n) is 4.23. The van der Waals surface area contributed by atoms with E-state index < -0.39 is 18.2 Å². The molecule has 1 aromatic carbocycles. The van der Waals surface area contributed by atoms with Gasteiger partial charge in [0, 0.05) is 30.0 Å². The number of amides is 2. The average molecular weight is 498 g/mol. The molecule has 0 bridgehead atoms. The van der Waals surface area contributed by atoms with E-state index in [0.29, 0.717) is 23.9 Å². The van der Waals surface area contributed by atoms with Crippen LogP contribution in [0.1, 0.15) is 17.0 Å². The van der Waals surface area contributed by atoms with Crippen LogP contribution in [0.25, 0.3) is 10.6 Å². The van der Waals surface area contributed by atoms with Gasteiger partial charge in [0.15, 0.2) is 0 Å². The van der Waals surface area contributed by atoms with Crippen LogP contribution >= 0.6 is 11.3 Å². The van der Waals surface area contributed by atoms with Gasteiger partial charge in [-0.05, 0) is 32.4 Å². The van der Waals surface area contributed by atoms with Crippen LogP contribution in [-0.2, 0) is 11.3 Å². The summed E-state index contributed by atoms with van der Waals surface area (Å²) in [4.78, 5) is 36.7. The van der Waals surface area contributed by atoms with Gasteiger partial charge in [-0.3, -0.25) is 9.88 Å². The molecule has 0 aliphatic rings. The van der Waals surface area contributed by atoms with E-state index in [1.165, 1.54) is 15.9 Å². The first-order chi connectivity index (χ1) is 15.9. The zero-order chi connectivity index (χ0) is 25.5. The number of aryl methyl sites for hydroxylation is 3. The van der Waals surface area contributed by atoms with Gasteiger partial charge in [0.05, 0.1) is 0 Å². The van der Waals surface area contributed by atoms with Gasteiger partial charge in [-0.1, -0.05) is 35.6 Å². The minimum Gasteiger partial charge on any atom is -0.475 e. The van der Waals surface area contributed by atoms with Crippen molar-refractivity contribution in [2.45, 2.75) is 33.5 Å². The second kappa shape index (κ2) is 11.4. The molecule has 2 aromatic heterocycles. The van der Waals surface area contributed by atoms with Gasteiger partial charge in [0.1, 0.15) is 5.01 Å². The minimum absolute atomic E-state index is 0.292. The van der Waals surface area contributed by atoms with Crippen LogP contribution < -0.4 is 16.3 Å². The molecule has 2 amide bonds. The second-order valence-electron chi connectivity index (χ2n) is 6.88. The zero-order valence-electron chi connectivity index (χ0n) is 18.3. The molecule has 0 spiro atoms. The SMILES string of the molecule is Cc1cc(C)n(CCNC(=O)Nc2nnc(-c3ccccc3C)s2)c(=O)n1.O=C(O)C(F)(F)F. The Bertz CT molecular complexity index is 1230. The number of carboxylic acids is 1. The average Bonchev–Trinajstić information content (AvgIpc) is 3.18. The molecule has 0 fully saturated rings. The Morgan fingerprint density at radius 2 is 1.79 bits per heavy atom. The van der Waals surface area contributed by atoms with Crippen molar-refractivity contribution in [3.05, 3.63) is 57.8 Å². The summed E-state index contributed by atoms with van der Waals surface area (Å²) in [6.45, 7) is 6.25. The van der Waals surface area contributed by atoms with Gasteiger partial charge < -0.3 is 10.4 Å². The number of nitrogens with one attached hydrogen (secondary N) is 2. The Labute approximate surface area is 195 Å². The highest BCUT2D eigenvalue weighted by atomic mass is 32.1. The molecule has 10 nitrogen and oxygen atoms in total. The molecule has 0 aliphatic carbocycles. The lowest BCUT2D eigenvalue weighted by Gasteiger charge is -2.10. The molecule has 0 radical (unpaired) electrons. The normalized spacial score (nSPS) is 10.8. The summed E-state index contributed by atoms with van der Waals surface area (Å²) in [5.74, 6) is -2.76. The van der Waals surface area contributed by atoms with E-state index in [1.807, 2.05) is 44.2 Å². The largest absolute Gasteiger partial charge is 0.490 e. The Hall–Kier alpha value is -3.81. The fourth-order valence-corrected chi connectivity index (χ4v) is 3.49. The van der Waals surface area contributed by atoms with Crippen LogP contribution in [0, 0.1) is 20.8 Å². The Balaban J connectivity index is 0.000000509. The van der Waals surface area contributed by atoms with Gasteiger partial charge in [0.2, 0.25) is 5.13 Å². The molecule has 0 aliphatic heterocycles. The van der Waals surface area contributed by atoms with Crippen molar-refractivity contribution in [1.82, 2.24) is 25.1 Å². The predicted octanol–water partition coefficient (Wildman–Crippen LogP) is 3.14. The van der Waals surface area contributed by atoms with Crippen LogP contribution in [0.5, 0.6) is 0 Å². The Morgan fingerprint density at radius 3 is 2.38 bits per heavy atom. The molecule has 0 atom stereocenters. The molecule has 34 heavy (non-hydrogen) atoms. The van der Waals surface area contributed by atoms with E-state index in [2.05, 4.69) is 25.8 Å². The molecule has 182 valence electrons. The minimum atomic E-state index is -5.08. The van der Waals surface area contributed by atoms with Crippen molar-refractivity contribution in [3.8, 4) is 10.6 Å². The molecule has 2 heterocycles. The summed E-state index contributed by atoms with van der Waals surface area (Å²) >= 11 is 1.31. The summed E-state index contributed by atoms with van der Waals surface area (Å²) < 4.78 is 33.3.